The van der Waals surface area contributed by atoms with Crippen molar-refractivity contribution < 1.29 is 9.18 Å². The smallest absolute Gasteiger partial charge is 0.212 e. The molecule has 0 spiro atoms. The third-order valence-electron chi connectivity index (χ3n) is 4.10. The Labute approximate surface area is 106 Å². The molecule has 0 amide bonds. The average Bonchev–Trinajstić information content (AvgIpc) is 2.38. The van der Waals surface area contributed by atoms with Crippen LogP contribution in [0, 0.1) is 11.9 Å². The summed E-state index contributed by atoms with van der Waals surface area (Å²) in [5.41, 5.74) is 0.543. The number of nitrogens with zero attached hydrogens (tertiary/aromatic N) is 1. The first kappa shape index (κ1) is 11.8. The topological polar surface area (TPSA) is 42.0 Å². The van der Waals surface area contributed by atoms with Gasteiger partial charge < -0.3 is 5.32 Å². The van der Waals surface area contributed by atoms with Crippen LogP contribution in [0.25, 0.3) is 0 Å². The molecule has 0 radical (unpaired) electrons. The second kappa shape index (κ2) is 4.76. The van der Waals surface area contributed by atoms with Gasteiger partial charge in [-0.1, -0.05) is 6.42 Å². The maximum absolute atomic E-state index is 12.7. The van der Waals surface area contributed by atoms with E-state index in [1.54, 1.807) is 6.07 Å². The molecule has 96 valence electrons. The zero-order chi connectivity index (χ0) is 12.5. The fraction of sp³-hybridized carbons (Fsp3) is 0.571. The SMILES string of the molecule is O=C(c1ccc(F)nc1)C1CC2CCCC(C1)N2. The molecule has 0 aliphatic carbocycles. The summed E-state index contributed by atoms with van der Waals surface area (Å²) in [5.74, 6) is -0.330. The Morgan fingerprint density at radius 1 is 1.28 bits per heavy atom. The molecule has 2 aliphatic heterocycles. The molecule has 1 aromatic rings. The number of carbonyl (C=O) groups is 1. The summed E-state index contributed by atoms with van der Waals surface area (Å²) in [6.45, 7) is 0. The van der Waals surface area contributed by atoms with Crippen LogP contribution in [0.2, 0.25) is 0 Å². The summed E-state index contributed by atoms with van der Waals surface area (Å²) in [6.07, 6.45) is 6.78. The van der Waals surface area contributed by atoms with Gasteiger partial charge in [-0.2, -0.15) is 4.39 Å². The zero-order valence-electron chi connectivity index (χ0n) is 10.2. The van der Waals surface area contributed by atoms with Crippen molar-refractivity contribution in [1.82, 2.24) is 10.3 Å². The van der Waals surface area contributed by atoms with Gasteiger partial charge in [0.2, 0.25) is 5.95 Å². The minimum Gasteiger partial charge on any atom is -0.311 e. The molecule has 2 atom stereocenters. The van der Waals surface area contributed by atoms with Crippen molar-refractivity contribution in [2.24, 2.45) is 5.92 Å². The van der Waals surface area contributed by atoms with E-state index in [-0.39, 0.29) is 11.7 Å². The molecule has 2 saturated heterocycles. The van der Waals surface area contributed by atoms with Crippen LogP contribution in [0.5, 0.6) is 0 Å². The summed E-state index contributed by atoms with van der Waals surface area (Å²) in [7, 11) is 0. The minimum atomic E-state index is -0.534. The second-order valence-corrected chi connectivity index (χ2v) is 5.39. The fourth-order valence-electron chi connectivity index (χ4n) is 3.24. The third-order valence-corrected chi connectivity index (χ3v) is 4.10. The van der Waals surface area contributed by atoms with Gasteiger partial charge in [-0.05, 0) is 37.8 Å². The Hall–Kier alpha value is -1.29. The van der Waals surface area contributed by atoms with E-state index in [0.717, 1.165) is 12.8 Å². The molecule has 2 bridgehead atoms. The lowest BCUT2D eigenvalue weighted by atomic mass is 9.77. The van der Waals surface area contributed by atoms with Crippen LogP contribution in [-0.2, 0) is 0 Å². The van der Waals surface area contributed by atoms with Gasteiger partial charge in [0.15, 0.2) is 5.78 Å². The van der Waals surface area contributed by atoms with Crippen molar-refractivity contribution in [1.29, 1.82) is 0 Å². The predicted octanol–water partition coefficient (Wildman–Crippen LogP) is 2.32. The van der Waals surface area contributed by atoms with Gasteiger partial charge in [0, 0.05) is 29.8 Å². The number of fused-ring (bicyclic) bond motifs is 2. The number of carbonyl (C=O) groups excluding carboxylic acids is 1. The maximum atomic E-state index is 12.7. The van der Waals surface area contributed by atoms with Crippen LogP contribution in [0.4, 0.5) is 4.39 Å². The molecule has 18 heavy (non-hydrogen) atoms. The molecule has 2 unspecified atom stereocenters. The van der Waals surface area contributed by atoms with Crippen LogP contribution >= 0.6 is 0 Å². The van der Waals surface area contributed by atoms with Crippen molar-refractivity contribution in [3.05, 3.63) is 29.8 Å². The molecule has 1 aromatic heterocycles. The van der Waals surface area contributed by atoms with Crippen LogP contribution in [-0.4, -0.2) is 22.9 Å². The normalized spacial score (nSPS) is 31.1. The average molecular weight is 248 g/mol. The Kier molecular flexibility index (Phi) is 3.12. The molecule has 4 heteroatoms. The molecule has 3 rings (SSSR count). The minimum absolute atomic E-state index is 0.0776. The van der Waals surface area contributed by atoms with E-state index in [1.807, 2.05) is 0 Å². The van der Waals surface area contributed by atoms with Crippen molar-refractivity contribution in [2.75, 3.05) is 0 Å². The van der Waals surface area contributed by atoms with Crippen molar-refractivity contribution in [3.8, 4) is 0 Å². The van der Waals surface area contributed by atoms with Gasteiger partial charge in [0.1, 0.15) is 0 Å². The molecule has 2 aliphatic rings. The zero-order valence-corrected chi connectivity index (χ0v) is 10.2. The molecule has 2 fully saturated rings. The van der Waals surface area contributed by atoms with Crippen molar-refractivity contribution >= 4 is 5.78 Å². The van der Waals surface area contributed by atoms with Crippen LogP contribution in [0.15, 0.2) is 18.3 Å². The van der Waals surface area contributed by atoms with Gasteiger partial charge in [0.25, 0.3) is 0 Å². The second-order valence-electron chi connectivity index (χ2n) is 5.39. The van der Waals surface area contributed by atoms with E-state index in [0.29, 0.717) is 17.6 Å². The largest absolute Gasteiger partial charge is 0.311 e. The predicted molar refractivity (Wildman–Crippen MR) is 65.8 cm³/mol. The van der Waals surface area contributed by atoms with E-state index in [9.17, 15) is 9.18 Å². The van der Waals surface area contributed by atoms with Crippen LogP contribution in [0.3, 0.4) is 0 Å². The van der Waals surface area contributed by atoms with E-state index >= 15 is 0 Å². The number of nitrogens with one attached hydrogen (secondary N) is 1. The molecular formula is C14H17FN2O. The van der Waals surface area contributed by atoms with E-state index < -0.39 is 5.95 Å². The monoisotopic (exact) mass is 248 g/mol. The van der Waals surface area contributed by atoms with Gasteiger partial charge in [-0.15, -0.1) is 0 Å². The Bertz CT molecular complexity index is 434. The summed E-state index contributed by atoms with van der Waals surface area (Å²) in [5, 5.41) is 3.57. The number of halogens is 1. The van der Waals surface area contributed by atoms with Crippen molar-refractivity contribution in [2.45, 2.75) is 44.2 Å². The highest BCUT2D eigenvalue weighted by Crippen LogP contribution is 2.31. The summed E-state index contributed by atoms with van der Waals surface area (Å²) < 4.78 is 12.7. The molecular weight excluding hydrogens is 231 g/mol. The lowest BCUT2D eigenvalue weighted by Crippen LogP contribution is -2.50. The summed E-state index contributed by atoms with van der Waals surface area (Å²) in [6, 6.07) is 3.78. The number of aromatic nitrogens is 1. The third kappa shape index (κ3) is 2.29. The van der Waals surface area contributed by atoms with E-state index in [4.69, 9.17) is 0 Å². The highest BCUT2D eigenvalue weighted by Gasteiger charge is 2.34. The van der Waals surface area contributed by atoms with E-state index in [1.165, 1.54) is 31.5 Å². The maximum Gasteiger partial charge on any atom is 0.212 e. The standard InChI is InChI=1S/C14H17FN2O/c15-13-5-4-9(8-16-13)14(18)10-6-11-2-1-3-12(7-10)17-11/h4-5,8,10-12,17H,1-3,6-7H2. The van der Waals surface area contributed by atoms with Crippen molar-refractivity contribution in [3.63, 3.8) is 0 Å². The molecule has 3 heterocycles. The van der Waals surface area contributed by atoms with Crippen LogP contribution in [0.1, 0.15) is 42.5 Å². The number of pyridine rings is 1. The Morgan fingerprint density at radius 2 is 2.00 bits per heavy atom. The summed E-state index contributed by atoms with van der Waals surface area (Å²) >= 11 is 0. The Balaban J connectivity index is 1.74. The number of piperidine rings is 2. The van der Waals surface area contributed by atoms with Gasteiger partial charge in [-0.25, -0.2) is 4.98 Å². The molecule has 0 saturated carbocycles. The van der Waals surface area contributed by atoms with Gasteiger partial charge >= 0.3 is 0 Å². The van der Waals surface area contributed by atoms with Crippen LogP contribution < -0.4 is 5.32 Å². The fourth-order valence-corrected chi connectivity index (χ4v) is 3.24. The lowest BCUT2D eigenvalue weighted by Gasteiger charge is -2.39. The molecule has 0 aromatic carbocycles. The van der Waals surface area contributed by atoms with Gasteiger partial charge in [0.05, 0.1) is 0 Å². The highest BCUT2D eigenvalue weighted by molar-refractivity contribution is 5.97. The van der Waals surface area contributed by atoms with E-state index in [2.05, 4.69) is 10.3 Å². The number of hydrogen-bond donors (Lipinski definition) is 1. The first-order valence-electron chi connectivity index (χ1n) is 6.64. The first-order valence-corrected chi connectivity index (χ1v) is 6.64. The lowest BCUT2D eigenvalue weighted by molar-refractivity contribution is 0.0824. The quantitative estimate of drug-likeness (QED) is 0.645. The number of Topliss-reactive ketones (excluding diaryl/α,β-unsaturated/α-hetero) is 1. The van der Waals surface area contributed by atoms with Gasteiger partial charge in [-0.3, -0.25) is 4.79 Å². The number of rotatable bonds is 2. The summed E-state index contributed by atoms with van der Waals surface area (Å²) in [4.78, 5) is 15.9. The number of hydrogen-bond acceptors (Lipinski definition) is 3. The Morgan fingerprint density at radius 3 is 2.61 bits per heavy atom. The highest BCUT2D eigenvalue weighted by atomic mass is 19.1. The number of ketones is 1. The first-order chi connectivity index (χ1) is 8.72. The molecule has 3 nitrogen and oxygen atoms in total. The molecule has 1 N–H and O–H groups in total.